The molecule has 0 atom stereocenters. The largest absolute Gasteiger partial charge is 0.506 e. The van der Waals surface area contributed by atoms with Crippen LogP contribution in [0.4, 0.5) is 5.69 Å². The van der Waals surface area contributed by atoms with Crippen molar-refractivity contribution in [1.82, 2.24) is 14.1 Å². The van der Waals surface area contributed by atoms with Crippen LogP contribution in [0.3, 0.4) is 0 Å². The molecule has 1 aromatic heterocycles. The smallest absolute Gasteiger partial charge is 0.258 e. The number of amides is 1. The van der Waals surface area contributed by atoms with Gasteiger partial charge in [-0.25, -0.2) is 13.1 Å². The molecule has 1 aliphatic heterocycles. The normalized spacial score (nSPS) is 14.7. The van der Waals surface area contributed by atoms with Crippen molar-refractivity contribution in [3.8, 4) is 11.4 Å². The molecule has 0 radical (unpaired) electrons. The van der Waals surface area contributed by atoms with Crippen LogP contribution >= 0.6 is 15.9 Å². The molecule has 2 N–H and O–H groups in total. The fraction of sp³-hybridized carbons (Fsp3) is 0.200. The van der Waals surface area contributed by atoms with Crippen molar-refractivity contribution in [2.45, 2.75) is 17.7 Å². The average Bonchev–Trinajstić information content (AvgIpc) is 3.43. The fourth-order valence-electron chi connectivity index (χ4n) is 3.22. The Labute approximate surface area is 182 Å². The molecule has 30 heavy (non-hydrogen) atoms. The number of phenols is 1. The van der Waals surface area contributed by atoms with E-state index in [1.165, 1.54) is 28.7 Å². The highest BCUT2D eigenvalue weighted by molar-refractivity contribution is 9.10. The van der Waals surface area contributed by atoms with Crippen molar-refractivity contribution in [3.63, 3.8) is 0 Å². The van der Waals surface area contributed by atoms with E-state index in [-0.39, 0.29) is 21.9 Å². The summed E-state index contributed by atoms with van der Waals surface area (Å²) in [5, 5.41) is 16.9. The number of carbonyl (C=O) groups excluding carboxylic acids is 1. The summed E-state index contributed by atoms with van der Waals surface area (Å²) in [6.07, 6.45) is 4.60. The van der Waals surface area contributed by atoms with Gasteiger partial charge in [0.25, 0.3) is 5.91 Å². The molecule has 1 aliphatic rings. The third kappa shape index (κ3) is 4.11. The summed E-state index contributed by atoms with van der Waals surface area (Å²) in [6.45, 7) is 0.945. The molecule has 1 saturated heterocycles. The van der Waals surface area contributed by atoms with E-state index in [9.17, 15) is 18.3 Å². The minimum Gasteiger partial charge on any atom is -0.506 e. The van der Waals surface area contributed by atoms with Crippen molar-refractivity contribution in [1.29, 1.82) is 0 Å². The van der Waals surface area contributed by atoms with Crippen molar-refractivity contribution in [2.24, 2.45) is 0 Å². The SMILES string of the molecule is O=C(Nc1cc(S(=O)(=O)N2CCCC2)ccc1O)c1cnn(-c2ccc(Br)cc2)c1. The maximum absolute atomic E-state index is 12.8. The summed E-state index contributed by atoms with van der Waals surface area (Å²) < 4.78 is 29.4. The molecule has 0 bridgehead atoms. The van der Waals surface area contributed by atoms with Crippen LogP contribution in [-0.2, 0) is 10.0 Å². The number of aromatic nitrogens is 2. The number of aromatic hydroxyl groups is 1. The second-order valence-electron chi connectivity index (χ2n) is 6.89. The van der Waals surface area contributed by atoms with E-state index >= 15 is 0 Å². The summed E-state index contributed by atoms with van der Waals surface area (Å²) >= 11 is 3.37. The van der Waals surface area contributed by atoms with Gasteiger partial charge in [0.1, 0.15) is 5.75 Å². The predicted molar refractivity (Wildman–Crippen MR) is 115 cm³/mol. The van der Waals surface area contributed by atoms with E-state index in [2.05, 4.69) is 26.3 Å². The van der Waals surface area contributed by atoms with Gasteiger partial charge in [-0.15, -0.1) is 0 Å². The Morgan fingerprint density at radius 2 is 1.80 bits per heavy atom. The summed E-state index contributed by atoms with van der Waals surface area (Å²) in [7, 11) is -3.66. The number of anilines is 1. The zero-order chi connectivity index (χ0) is 21.3. The first-order valence-corrected chi connectivity index (χ1v) is 11.5. The number of nitrogens with one attached hydrogen (secondary N) is 1. The van der Waals surface area contributed by atoms with E-state index in [1.807, 2.05) is 24.3 Å². The molecule has 2 aromatic carbocycles. The second kappa shape index (κ2) is 8.21. The monoisotopic (exact) mass is 490 g/mol. The number of benzene rings is 2. The summed E-state index contributed by atoms with van der Waals surface area (Å²) in [5.74, 6) is -0.728. The zero-order valence-corrected chi connectivity index (χ0v) is 18.2. The quantitative estimate of drug-likeness (QED) is 0.533. The number of phenolic OH excluding ortho intramolecular Hbond substituents is 1. The minimum atomic E-state index is -3.66. The van der Waals surface area contributed by atoms with Gasteiger partial charge in [0.2, 0.25) is 10.0 Å². The number of carbonyl (C=O) groups is 1. The molecule has 0 unspecified atom stereocenters. The maximum atomic E-state index is 12.8. The van der Waals surface area contributed by atoms with Gasteiger partial charge in [0.05, 0.1) is 28.0 Å². The zero-order valence-electron chi connectivity index (χ0n) is 15.8. The number of rotatable bonds is 5. The summed E-state index contributed by atoms with van der Waals surface area (Å²) in [4.78, 5) is 12.7. The van der Waals surface area contributed by atoms with Gasteiger partial charge in [-0.05, 0) is 55.3 Å². The van der Waals surface area contributed by atoms with Crippen LogP contribution in [-0.4, -0.2) is 46.6 Å². The molecule has 156 valence electrons. The predicted octanol–water partition coefficient (Wildman–Crippen LogP) is 3.38. The molecule has 0 spiro atoms. The summed E-state index contributed by atoms with van der Waals surface area (Å²) in [5.41, 5.74) is 1.07. The van der Waals surface area contributed by atoms with Gasteiger partial charge in [0, 0.05) is 23.8 Å². The Kier molecular flexibility index (Phi) is 5.63. The maximum Gasteiger partial charge on any atom is 0.258 e. The van der Waals surface area contributed by atoms with E-state index in [4.69, 9.17) is 0 Å². The average molecular weight is 491 g/mol. The van der Waals surface area contributed by atoms with Gasteiger partial charge in [-0.3, -0.25) is 4.79 Å². The Morgan fingerprint density at radius 1 is 1.10 bits per heavy atom. The molecular formula is C20H19BrN4O4S. The molecule has 1 fully saturated rings. The van der Waals surface area contributed by atoms with E-state index in [1.54, 1.807) is 10.9 Å². The lowest BCUT2D eigenvalue weighted by Gasteiger charge is -2.16. The lowest BCUT2D eigenvalue weighted by Crippen LogP contribution is -2.27. The molecule has 8 nitrogen and oxygen atoms in total. The number of sulfonamides is 1. The topological polar surface area (TPSA) is 105 Å². The van der Waals surface area contributed by atoms with Crippen molar-refractivity contribution in [2.75, 3.05) is 18.4 Å². The third-order valence-electron chi connectivity index (χ3n) is 4.85. The Morgan fingerprint density at radius 3 is 2.50 bits per heavy atom. The van der Waals surface area contributed by atoms with Crippen LogP contribution in [0.25, 0.3) is 5.69 Å². The first kappa shape index (κ1) is 20.6. The Hall–Kier alpha value is -2.69. The highest BCUT2D eigenvalue weighted by atomic mass is 79.9. The Bertz CT molecular complexity index is 1190. The second-order valence-corrected chi connectivity index (χ2v) is 9.75. The molecule has 10 heteroatoms. The molecule has 0 aliphatic carbocycles. The first-order valence-electron chi connectivity index (χ1n) is 9.30. The lowest BCUT2D eigenvalue weighted by molar-refractivity contribution is 0.102. The van der Waals surface area contributed by atoms with Gasteiger partial charge in [-0.2, -0.15) is 9.40 Å². The highest BCUT2D eigenvalue weighted by Gasteiger charge is 2.28. The first-order chi connectivity index (χ1) is 14.3. The summed E-state index contributed by atoms with van der Waals surface area (Å²) in [6, 6.07) is 11.3. The van der Waals surface area contributed by atoms with E-state index in [0.717, 1.165) is 23.0 Å². The van der Waals surface area contributed by atoms with Crippen LogP contribution in [0.5, 0.6) is 5.75 Å². The van der Waals surface area contributed by atoms with Crippen molar-refractivity contribution in [3.05, 3.63) is 64.9 Å². The van der Waals surface area contributed by atoms with Crippen LogP contribution in [0.15, 0.2) is 64.2 Å². The van der Waals surface area contributed by atoms with Gasteiger partial charge >= 0.3 is 0 Å². The molecule has 0 saturated carbocycles. The fourth-order valence-corrected chi connectivity index (χ4v) is 5.03. The molecular weight excluding hydrogens is 472 g/mol. The number of halogens is 1. The van der Waals surface area contributed by atoms with Crippen LogP contribution in [0.2, 0.25) is 0 Å². The van der Waals surface area contributed by atoms with E-state index < -0.39 is 15.9 Å². The van der Waals surface area contributed by atoms with Crippen LogP contribution < -0.4 is 5.32 Å². The van der Waals surface area contributed by atoms with Crippen LogP contribution in [0, 0.1) is 0 Å². The number of hydrogen-bond donors (Lipinski definition) is 2. The lowest BCUT2D eigenvalue weighted by atomic mass is 10.2. The van der Waals surface area contributed by atoms with E-state index in [0.29, 0.717) is 13.1 Å². The van der Waals surface area contributed by atoms with Gasteiger partial charge in [-0.1, -0.05) is 15.9 Å². The van der Waals surface area contributed by atoms with Crippen molar-refractivity contribution >= 4 is 37.5 Å². The molecule has 4 rings (SSSR count). The van der Waals surface area contributed by atoms with Crippen LogP contribution in [0.1, 0.15) is 23.2 Å². The molecule has 2 heterocycles. The van der Waals surface area contributed by atoms with Gasteiger partial charge in [0.15, 0.2) is 0 Å². The van der Waals surface area contributed by atoms with Crippen molar-refractivity contribution < 1.29 is 18.3 Å². The Balaban J connectivity index is 1.55. The third-order valence-corrected chi connectivity index (χ3v) is 7.28. The standard InChI is InChI=1S/C20H19BrN4O4S/c21-15-3-5-16(6-4-15)25-13-14(12-22-25)20(27)23-18-11-17(7-8-19(18)26)30(28,29)24-9-1-2-10-24/h3-8,11-13,26H,1-2,9-10H2,(H,23,27). The molecule has 1 amide bonds. The van der Waals surface area contributed by atoms with Gasteiger partial charge < -0.3 is 10.4 Å². The molecule has 3 aromatic rings. The highest BCUT2D eigenvalue weighted by Crippen LogP contribution is 2.29. The minimum absolute atomic E-state index is 0.0247. The number of hydrogen-bond acceptors (Lipinski definition) is 5. The number of nitrogens with zero attached hydrogens (tertiary/aromatic N) is 3.